The summed E-state index contributed by atoms with van der Waals surface area (Å²) in [4.78, 5) is 0. The highest BCUT2D eigenvalue weighted by Gasteiger charge is 2.22. The zero-order valence-electron chi connectivity index (χ0n) is 29.4. The van der Waals surface area contributed by atoms with Crippen molar-refractivity contribution in [3.8, 4) is 33.9 Å². The van der Waals surface area contributed by atoms with E-state index >= 15 is 4.39 Å². The number of benzene rings is 8. The maximum atomic E-state index is 15.7. The fraction of sp³-hybridized carbons (Fsp3) is 0.0204. The van der Waals surface area contributed by atoms with Crippen molar-refractivity contribution in [1.82, 2.24) is 13.7 Å². The monoisotopic (exact) mass is 697 g/mol. The largest absolute Gasteiger partial charge is 0.494 e. The topological polar surface area (TPSA) is 24.0 Å². The van der Waals surface area contributed by atoms with Crippen LogP contribution >= 0.6 is 0 Å². The van der Waals surface area contributed by atoms with E-state index in [-0.39, 0.29) is 5.82 Å². The molecular weight excluding hydrogens is 666 g/mol. The van der Waals surface area contributed by atoms with Gasteiger partial charge in [0.05, 0.1) is 51.6 Å². The van der Waals surface area contributed by atoms with Crippen LogP contribution in [0.5, 0.6) is 5.75 Å². The molecule has 0 aliphatic rings. The van der Waals surface area contributed by atoms with Gasteiger partial charge >= 0.3 is 0 Å². The van der Waals surface area contributed by atoms with Gasteiger partial charge in [0.1, 0.15) is 11.6 Å². The van der Waals surface area contributed by atoms with Crippen molar-refractivity contribution in [3.63, 3.8) is 0 Å². The Morgan fingerprint density at radius 2 is 0.852 bits per heavy atom. The highest BCUT2D eigenvalue weighted by Crippen LogP contribution is 2.43. The van der Waals surface area contributed by atoms with Crippen LogP contribution in [-0.4, -0.2) is 20.8 Å². The Hall–Kier alpha value is -7.11. The van der Waals surface area contributed by atoms with Crippen molar-refractivity contribution in [2.24, 2.45) is 0 Å². The molecule has 3 aromatic heterocycles. The van der Waals surface area contributed by atoms with Crippen LogP contribution in [0, 0.1) is 5.82 Å². The predicted octanol–water partition coefficient (Wildman–Crippen LogP) is 12.8. The van der Waals surface area contributed by atoms with E-state index in [1.165, 1.54) is 27.6 Å². The Bertz CT molecular complexity index is 3180. The van der Waals surface area contributed by atoms with Crippen LogP contribution in [0.1, 0.15) is 0 Å². The van der Waals surface area contributed by atoms with Gasteiger partial charge in [0.2, 0.25) is 0 Å². The van der Waals surface area contributed by atoms with Gasteiger partial charge in [-0.1, -0.05) is 109 Å². The molecule has 54 heavy (non-hydrogen) atoms. The molecule has 5 heteroatoms. The van der Waals surface area contributed by atoms with E-state index in [9.17, 15) is 0 Å². The summed E-state index contributed by atoms with van der Waals surface area (Å²) in [6, 6.07) is 60.4. The molecule has 11 aromatic rings. The molecule has 11 rings (SSSR count). The van der Waals surface area contributed by atoms with Crippen molar-refractivity contribution in [1.29, 1.82) is 0 Å². The van der Waals surface area contributed by atoms with E-state index in [2.05, 4.69) is 153 Å². The quantitative estimate of drug-likeness (QED) is 0.176. The summed E-state index contributed by atoms with van der Waals surface area (Å²) in [5.74, 6) is 0.449. The summed E-state index contributed by atoms with van der Waals surface area (Å²) >= 11 is 0. The van der Waals surface area contributed by atoms with Gasteiger partial charge in [-0.15, -0.1) is 0 Å². The molecular formula is C49H32FN3O. The number of hydrogen-bond donors (Lipinski definition) is 0. The molecule has 0 atom stereocenters. The zero-order valence-corrected chi connectivity index (χ0v) is 29.4. The smallest absolute Gasteiger partial charge is 0.144 e. The highest BCUT2D eigenvalue weighted by atomic mass is 19.1. The van der Waals surface area contributed by atoms with Crippen LogP contribution in [0.4, 0.5) is 4.39 Å². The lowest BCUT2D eigenvalue weighted by Crippen LogP contribution is -2.02. The van der Waals surface area contributed by atoms with Crippen LogP contribution in [0.3, 0.4) is 0 Å². The summed E-state index contributed by atoms with van der Waals surface area (Å²) < 4.78 is 28.9. The predicted molar refractivity (Wildman–Crippen MR) is 221 cm³/mol. The average Bonchev–Trinajstić information content (AvgIpc) is 3.86. The Balaban J connectivity index is 1.21. The molecule has 0 aliphatic heterocycles. The second kappa shape index (κ2) is 11.7. The number of halogens is 1. The van der Waals surface area contributed by atoms with Crippen molar-refractivity contribution >= 4 is 65.4 Å². The molecule has 0 bridgehead atoms. The molecule has 256 valence electrons. The minimum atomic E-state index is -0.263. The average molecular weight is 698 g/mol. The van der Waals surface area contributed by atoms with E-state index in [0.717, 1.165) is 66.5 Å². The van der Waals surface area contributed by atoms with Gasteiger partial charge in [-0.05, 0) is 60.7 Å². The molecule has 0 amide bonds. The number of aromatic nitrogens is 3. The minimum absolute atomic E-state index is 0.263. The van der Waals surface area contributed by atoms with Crippen molar-refractivity contribution in [3.05, 3.63) is 182 Å². The van der Waals surface area contributed by atoms with E-state index < -0.39 is 0 Å². The molecule has 3 heterocycles. The van der Waals surface area contributed by atoms with Gasteiger partial charge in [-0.25, -0.2) is 4.39 Å². The zero-order chi connectivity index (χ0) is 35.9. The summed E-state index contributed by atoms with van der Waals surface area (Å²) in [6.45, 7) is 0. The first-order valence-corrected chi connectivity index (χ1v) is 18.2. The van der Waals surface area contributed by atoms with Gasteiger partial charge in [0.15, 0.2) is 0 Å². The fourth-order valence-corrected chi connectivity index (χ4v) is 8.73. The normalized spacial score (nSPS) is 11.9. The number of rotatable bonds is 5. The van der Waals surface area contributed by atoms with Gasteiger partial charge in [-0.3, -0.25) is 0 Å². The molecule has 0 radical (unpaired) electrons. The summed E-state index contributed by atoms with van der Waals surface area (Å²) in [6.07, 6.45) is 0. The van der Waals surface area contributed by atoms with Crippen LogP contribution in [0.25, 0.3) is 93.6 Å². The fourth-order valence-electron chi connectivity index (χ4n) is 8.73. The highest BCUT2D eigenvalue weighted by molar-refractivity contribution is 6.15. The minimum Gasteiger partial charge on any atom is -0.494 e. The van der Waals surface area contributed by atoms with Crippen LogP contribution in [0.15, 0.2) is 176 Å². The first-order valence-electron chi connectivity index (χ1n) is 18.2. The number of methoxy groups -OCH3 is 1. The lowest BCUT2D eigenvalue weighted by atomic mass is 10.0. The molecule has 4 nitrogen and oxygen atoms in total. The lowest BCUT2D eigenvalue weighted by molar-refractivity contribution is 0.413. The third-order valence-electron chi connectivity index (χ3n) is 11.0. The van der Waals surface area contributed by atoms with Crippen molar-refractivity contribution in [2.45, 2.75) is 0 Å². The standard InChI is InChI=1S/C49H32FN3O/c1-54-48-30-32(52-44-23-10-5-16-36(44)37-17-6-11-24-45(37)52)26-28-47(48)53-46-27-25-31(51-42-21-8-3-14-34(42)35-15-4-9-22-43(35)51)29-40(46)39-19-12-18-38(49(39)53)33-13-2-7-20-41(33)50/h2-30H,1H3. The molecule has 0 N–H and O–H groups in total. The van der Waals surface area contributed by atoms with Crippen molar-refractivity contribution < 1.29 is 9.13 Å². The Kier molecular flexibility index (Phi) is 6.61. The van der Waals surface area contributed by atoms with E-state index in [1.807, 2.05) is 24.3 Å². The molecule has 0 saturated carbocycles. The molecule has 0 fully saturated rings. The Labute approximate surface area is 310 Å². The number of nitrogens with zero attached hydrogens (tertiary/aromatic N) is 3. The molecule has 0 unspecified atom stereocenters. The maximum Gasteiger partial charge on any atom is 0.144 e. The van der Waals surface area contributed by atoms with Crippen LogP contribution < -0.4 is 4.74 Å². The second-order valence-electron chi connectivity index (χ2n) is 13.8. The molecule has 0 spiro atoms. The number of ether oxygens (including phenoxy) is 1. The summed E-state index contributed by atoms with van der Waals surface area (Å²) in [5.41, 5.74) is 10.8. The third kappa shape index (κ3) is 4.30. The first kappa shape index (κ1) is 30.5. The SMILES string of the molecule is COc1cc(-n2c3ccccc3c3ccccc32)ccc1-n1c2ccc(-n3c4ccccc4c4ccccc43)cc2c2cccc(-c3ccccc3F)c21. The summed E-state index contributed by atoms with van der Waals surface area (Å²) in [7, 11) is 1.72. The first-order chi connectivity index (χ1) is 26.7. The summed E-state index contributed by atoms with van der Waals surface area (Å²) in [5, 5.41) is 6.92. The van der Waals surface area contributed by atoms with Crippen LogP contribution in [0.2, 0.25) is 0 Å². The maximum absolute atomic E-state index is 15.7. The van der Waals surface area contributed by atoms with Gasteiger partial charge in [0, 0.05) is 55.2 Å². The second-order valence-corrected chi connectivity index (χ2v) is 13.8. The van der Waals surface area contributed by atoms with Crippen LogP contribution in [-0.2, 0) is 0 Å². The van der Waals surface area contributed by atoms with E-state index in [0.29, 0.717) is 11.3 Å². The van der Waals surface area contributed by atoms with Crippen molar-refractivity contribution in [2.75, 3.05) is 7.11 Å². The number of fused-ring (bicyclic) bond motifs is 9. The molecule has 8 aromatic carbocycles. The van der Waals surface area contributed by atoms with Gasteiger partial charge < -0.3 is 18.4 Å². The lowest BCUT2D eigenvalue weighted by Gasteiger charge is -2.17. The van der Waals surface area contributed by atoms with E-state index in [1.54, 1.807) is 13.2 Å². The Morgan fingerprint density at radius 1 is 0.389 bits per heavy atom. The third-order valence-corrected chi connectivity index (χ3v) is 11.0. The van der Waals surface area contributed by atoms with E-state index in [4.69, 9.17) is 4.74 Å². The molecule has 0 saturated heterocycles. The van der Waals surface area contributed by atoms with Gasteiger partial charge in [-0.2, -0.15) is 0 Å². The number of para-hydroxylation sites is 5. The molecule has 0 aliphatic carbocycles. The Morgan fingerprint density at radius 3 is 1.43 bits per heavy atom. The van der Waals surface area contributed by atoms with Gasteiger partial charge in [0.25, 0.3) is 0 Å². The number of hydrogen-bond acceptors (Lipinski definition) is 1.